The molecule has 6 N–H and O–H groups in total. The Morgan fingerprint density at radius 2 is 1.80 bits per heavy atom. The molecule has 0 aliphatic carbocycles. The van der Waals surface area contributed by atoms with E-state index in [1.807, 2.05) is 32.9 Å². The number of rotatable bonds is 13. The zero-order chi connectivity index (χ0) is 29.5. The number of nitrogens with one attached hydrogen (secondary N) is 5. The first kappa shape index (κ1) is 31.2. The Bertz CT molecular complexity index is 1320. The van der Waals surface area contributed by atoms with Crippen LogP contribution in [0.2, 0.25) is 5.02 Å². The molecular weight excluding hydrogens is 552 g/mol. The van der Waals surface area contributed by atoms with Gasteiger partial charge in [0, 0.05) is 31.1 Å². The Hall–Kier alpha value is -3.32. The van der Waals surface area contributed by atoms with Crippen LogP contribution in [0.4, 0.5) is 22.5 Å². The molecule has 0 aliphatic rings. The number of carbonyl (C=O) groups is 2. The van der Waals surface area contributed by atoms with E-state index in [0.29, 0.717) is 64.2 Å². The summed E-state index contributed by atoms with van der Waals surface area (Å²) in [6, 6.07) is 7.22. The molecule has 0 bridgehead atoms. The third-order valence-electron chi connectivity index (χ3n) is 6.11. The second kappa shape index (κ2) is 13.4. The number of hydrogen-bond donors (Lipinski definition) is 6. The maximum Gasteiger partial charge on any atom is 0.267 e. The van der Waals surface area contributed by atoms with Gasteiger partial charge in [-0.3, -0.25) is 14.8 Å². The summed E-state index contributed by atoms with van der Waals surface area (Å²) < 4.78 is 0. The molecule has 0 atom stereocenters. The highest BCUT2D eigenvalue weighted by atomic mass is 35.5. The highest BCUT2D eigenvalue weighted by Gasteiger charge is 2.34. The van der Waals surface area contributed by atoms with E-state index in [4.69, 9.17) is 16.8 Å². The normalized spacial score (nSPS) is 11.7. The van der Waals surface area contributed by atoms with Crippen molar-refractivity contribution in [2.75, 3.05) is 35.6 Å². The molecule has 0 saturated carbocycles. The maximum absolute atomic E-state index is 12.7. The van der Waals surface area contributed by atoms with E-state index in [1.165, 1.54) is 17.5 Å². The standard InChI is InChI=1S/C27H37ClN8O3S/c1-16-8-7-9-18(28)22(16)35-23(37)19-13-31-25(40-19)34-21-12-20(32-17(2)33-21)30-11-10-29-15-26(3,4)14-27(5,6)24(38)36-39/h7-9,12-13,29,39H,10-11,14-15H2,1-6H3,(H,35,37)(H,36,38)(H2,30,31,32,33,34). The van der Waals surface area contributed by atoms with E-state index < -0.39 is 11.3 Å². The Labute approximate surface area is 243 Å². The molecular formula is C27H37ClN8O3S. The van der Waals surface area contributed by atoms with Crippen molar-refractivity contribution >= 4 is 57.2 Å². The SMILES string of the molecule is Cc1nc(NCCNCC(C)(C)CC(C)(C)C(=O)NO)cc(Nc2ncc(C(=O)Nc3c(C)cccc3Cl)s2)n1. The summed E-state index contributed by atoms with van der Waals surface area (Å²) in [5.74, 6) is 1.10. The van der Waals surface area contributed by atoms with E-state index in [2.05, 4.69) is 50.1 Å². The molecule has 13 heteroatoms. The fourth-order valence-corrected chi connectivity index (χ4v) is 5.42. The van der Waals surface area contributed by atoms with Crippen LogP contribution in [0.1, 0.15) is 55.2 Å². The van der Waals surface area contributed by atoms with E-state index in [1.54, 1.807) is 24.5 Å². The lowest BCUT2D eigenvalue weighted by Gasteiger charge is -2.33. The van der Waals surface area contributed by atoms with Gasteiger partial charge in [-0.05, 0) is 37.3 Å². The highest BCUT2D eigenvalue weighted by molar-refractivity contribution is 7.17. The second-order valence-electron chi connectivity index (χ2n) is 11.0. The summed E-state index contributed by atoms with van der Waals surface area (Å²) in [5, 5.41) is 22.7. The molecule has 0 radical (unpaired) electrons. The lowest BCUT2D eigenvalue weighted by atomic mass is 9.74. The average molecular weight is 589 g/mol. The zero-order valence-electron chi connectivity index (χ0n) is 23.6. The number of para-hydroxylation sites is 1. The van der Waals surface area contributed by atoms with Gasteiger partial charge in [0.2, 0.25) is 5.91 Å². The Balaban J connectivity index is 1.52. The fraction of sp³-hybridized carbons (Fsp3) is 0.444. The van der Waals surface area contributed by atoms with Crippen LogP contribution in [0.3, 0.4) is 0 Å². The minimum Gasteiger partial charge on any atom is -0.369 e. The lowest BCUT2D eigenvalue weighted by molar-refractivity contribution is -0.139. The van der Waals surface area contributed by atoms with Gasteiger partial charge in [-0.1, -0.05) is 62.8 Å². The van der Waals surface area contributed by atoms with Crippen LogP contribution in [0, 0.1) is 24.7 Å². The van der Waals surface area contributed by atoms with Crippen LogP contribution >= 0.6 is 22.9 Å². The molecule has 0 aliphatic heterocycles. The lowest BCUT2D eigenvalue weighted by Crippen LogP contribution is -2.41. The molecule has 216 valence electrons. The van der Waals surface area contributed by atoms with Crippen molar-refractivity contribution in [3.05, 3.63) is 51.7 Å². The highest BCUT2D eigenvalue weighted by Crippen LogP contribution is 2.33. The number of thiazole rings is 1. The predicted octanol–water partition coefficient (Wildman–Crippen LogP) is 5.15. The second-order valence-corrected chi connectivity index (χ2v) is 12.4. The Kier molecular flexibility index (Phi) is 10.4. The van der Waals surface area contributed by atoms with Crippen LogP contribution in [0.25, 0.3) is 0 Å². The summed E-state index contributed by atoms with van der Waals surface area (Å²) in [6.07, 6.45) is 2.11. The first-order valence-electron chi connectivity index (χ1n) is 12.8. The zero-order valence-corrected chi connectivity index (χ0v) is 25.2. The molecule has 1 aromatic carbocycles. The van der Waals surface area contributed by atoms with E-state index in [9.17, 15) is 9.59 Å². The number of halogens is 1. The van der Waals surface area contributed by atoms with Gasteiger partial charge < -0.3 is 21.3 Å². The van der Waals surface area contributed by atoms with Crippen molar-refractivity contribution in [1.29, 1.82) is 0 Å². The summed E-state index contributed by atoms with van der Waals surface area (Å²) in [4.78, 5) is 38.3. The predicted molar refractivity (Wildman–Crippen MR) is 160 cm³/mol. The van der Waals surface area contributed by atoms with Crippen LogP contribution in [-0.2, 0) is 4.79 Å². The molecule has 0 unspecified atom stereocenters. The number of amides is 2. The quantitative estimate of drug-likeness (QED) is 0.0904. The van der Waals surface area contributed by atoms with Gasteiger partial charge >= 0.3 is 0 Å². The maximum atomic E-state index is 12.7. The van der Waals surface area contributed by atoms with Crippen LogP contribution in [-0.4, -0.2) is 51.6 Å². The molecule has 3 aromatic rings. The van der Waals surface area contributed by atoms with Gasteiger partial charge in [-0.2, -0.15) is 0 Å². The fourth-order valence-electron chi connectivity index (χ4n) is 4.43. The van der Waals surface area contributed by atoms with Gasteiger partial charge in [0.05, 0.1) is 16.9 Å². The van der Waals surface area contributed by atoms with Crippen molar-refractivity contribution in [3.8, 4) is 0 Å². The van der Waals surface area contributed by atoms with E-state index in [0.717, 1.165) is 5.56 Å². The molecule has 11 nitrogen and oxygen atoms in total. The number of hydroxylamine groups is 1. The molecule has 2 aromatic heterocycles. The number of aromatic nitrogens is 3. The monoisotopic (exact) mass is 588 g/mol. The van der Waals surface area contributed by atoms with E-state index in [-0.39, 0.29) is 11.3 Å². The van der Waals surface area contributed by atoms with Crippen molar-refractivity contribution in [3.63, 3.8) is 0 Å². The summed E-state index contributed by atoms with van der Waals surface area (Å²) in [5.41, 5.74) is 2.36. The first-order valence-corrected chi connectivity index (χ1v) is 14.0. The van der Waals surface area contributed by atoms with Crippen LogP contribution in [0.15, 0.2) is 30.5 Å². The average Bonchev–Trinajstić information content (AvgIpc) is 3.33. The number of hydrogen-bond acceptors (Lipinski definition) is 10. The third-order valence-corrected chi connectivity index (χ3v) is 7.34. The van der Waals surface area contributed by atoms with Crippen molar-refractivity contribution < 1.29 is 14.8 Å². The smallest absolute Gasteiger partial charge is 0.267 e. The number of anilines is 4. The van der Waals surface area contributed by atoms with Gasteiger partial charge in [-0.25, -0.2) is 20.4 Å². The number of nitrogens with zero attached hydrogens (tertiary/aromatic N) is 3. The van der Waals surface area contributed by atoms with Crippen molar-refractivity contribution in [2.45, 2.75) is 48.0 Å². The Morgan fingerprint density at radius 1 is 1.07 bits per heavy atom. The Morgan fingerprint density at radius 3 is 2.50 bits per heavy atom. The molecule has 40 heavy (non-hydrogen) atoms. The van der Waals surface area contributed by atoms with Crippen LogP contribution < -0.4 is 26.7 Å². The van der Waals surface area contributed by atoms with E-state index >= 15 is 0 Å². The van der Waals surface area contributed by atoms with Crippen LogP contribution in [0.5, 0.6) is 0 Å². The molecule has 0 fully saturated rings. The minimum atomic E-state index is -0.684. The first-order chi connectivity index (χ1) is 18.8. The number of carbonyl (C=O) groups excluding carboxylic acids is 2. The van der Waals surface area contributed by atoms with Gasteiger partial charge in [0.15, 0.2) is 5.13 Å². The van der Waals surface area contributed by atoms with Gasteiger partial charge in [0.25, 0.3) is 5.91 Å². The molecule has 2 amide bonds. The van der Waals surface area contributed by atoms with Gasteiger partial charge in [-0.15, -0.1) is 0 Å². The molecule has 0 spiro atoms. The summed E-state index contributed by atoms with van der Waals surface area (Å²) in [6.45, 7) is 13.5. The largest absolute Gasteiger partial charge is 0.369 e. The molecule has 3 rings (SSSR count). The van der Waals surface area contributed by atoms with Crippen molar-refractivity contribution in [2.24, 2.45) is 10.8 Å². The number of aryl methyl sites for hydroxylation is 2. The topological polar surface area (TPSA) is 153 Å². The van der Waals surface area contributed by atoms with Gasteiger partial charge in [0.1, 0.15) is 22.3 Å². The van der Waals surface area contributed by atoms with Crippen molar-refractivity contribution in [1.82, 2.24) is 25.7 Å². The third kappa shape index (κ3) is 8.85. The number of benzene rings is 1. The molecule has 0 saturated heterocycles. The molecule has 2 heterocycles. The minimum absolute atomic E-state index is 0.158. The summed E-state index contributed by atoms with van der Waals surface area (Å²) in [7, 11) is 0. The summed E-state index contributed by atoms with van der Waals surface area (Å²) >= 11 is 7.44.